The number of nitriles is 1. The number of hydrogen-bond donors (Lipinski definition) is 1. The maximum absolute atomic E-state index is 10.3. The number of pyridine rings is 1. The summed E-state index contributed by atoms with van der Waals surface area (Å²) in [6.45, 7) is 0. The maximum Gasteiger partial charge on any atom is 0.467 e. The van der Waals surface area contributed by atoms with Crippen molar-refractivity contribution < 1.29 is 8.50 Å². The van der Waals surface area contributed by atoms with Gasteiger partial charge in [-0.1, -0.05) is 17.7 Å². The Morgan fingerprint density at radius 1 is 1.59 bits per heavy atom. The van der Waals surface area contributed by atoms with Crippen LogP contribution in [0.15, 0.2) is 18.3 Å². The lowest BCUT2D eigenvalue weighted by Gasteiger charge is -2.39. The van der Waals surface area contributed by atoms with E-state index in [1.165, 1.54) is 3.95 Å². The zero-order valence-electron chi connectivity index (χ0n) is 9.43. The smallest absolute Gasteiger partial charge is 0.305 e. The molecule has 0 aliphatic heterocycles. The lowest BCUT2D eigenvalue weighted by molar-refractivity contribution is -0.380. The first-order valence-electron chi connectivity index (χ1n) is 5.29. The number of rotatable bonds is 2. The SMILES string of the molecule is C[N+](C#N)=S(O)C1(c2ccc(Cl)nc2)CCC1. The van der Waals surface area contributed by atoms with Gasteiger partial charge in [0, 0.05) is 6.20 Å². The molecule has 1 unspecified atom stereocenters. The summed E-state index contributed by atoms with van der Waals surface area (Å²) in [4.78, 5) is 4.05. The topological polar surface area (TPSA) is 59.9 Å². The van der Waals surface area contributed by atoms with Gasteiger partial charge in [0.1, 0.15) is 16.1 Å². The zero-order chi connectivity index (χ0) is 12.5. The predicted molar refractivity (Wildman–Crippen MR) is 66.6 cm³/mol. The van der Waals surface area contributed by atoms with Crippen molar-refractivity contribution in [3.63, 3.8) is 0 Å². The highest BCUT2D eigenvalue weighted by Gasteiger charge is 2.45. The first kappa shape index (κ1) is 12.5. The predicted octanol–water partition coefficient (Wildman–Crippen LogP) is 2.51. The molecule has 0 aromatic carbocycles. The van der Waals surface area contributed by atoms with Crippen molar-refractivity contribution in [3.8, 4) is 6.19 Å². The molecule has 1 fully saturated rings. The Kier molecular flexibility index (Phi) is 3.48. The molecule has 1 atom stereocenters. The molecular formula is C11H13ClN3OS+. The molecule has 1 aliphatic carbocycles. The average molecular weight is 271 g/mol. The van der Waals surface area contributed by atoms with Crippen LogP contribution in [-0.2, 0) is 15.7 Å². The number of nitrogens with zero attached hydrogens (tertiary/aromatic N) is 3. The van der Waals surface area contributed by atoms with E-state index in [-0.39, 0.29) is 4.75 Å². The van der Waals surface area contributed by atoms with E-state index in [2.05, 4.69) is 4.98 Å². The number of hydrogen-bond acceptors (Lipinski definition) is 2. The van der Waals surface area contributed by atoms with Gasteiger partial charge in [-0.25, -0.2) is 4.98 Å². The largest absolute Gasteiger partial charge is 0.467 e. The summed E-state index contributed by atoms with van der Waals surface area (Å²) in [5, 5.41) is 9.30. The minimum atomic E-state index is -1.10. The van der Waals surface area contributed by atoms with Crippen molar-refractivity contribution in [1.82, 2.24) is 4.98 Å². The van der Waals surface area contributed by atoms with Crippen molar-refractivity contribution in [3.05, 3.63) is 29.0 Å². The van der Waals surface area contributed by atoms with E-state index >= 15 is 0 Å². The molecule has 0 spiro atoms. The lowest BCUT2D eigenvalue weighted by atomic mass is 9.79. The molecule has 1 aromatic heterocycles. The van der Waals surface area contributed by atoms with Crippen LogP contribution in [0.5, 0.6) is 0 Å². The lowest BCUT2D eigenvalue weighted by Crippen LogP contribution is -2.41. The van der Waals surface area contributed by atoms with Crippen LogP contribution in [-0.4, -0.2) is 20.5 Å². The monoisotopic (exact) mass is 270 g/mol. The Morgan fingerprint density at radius 3 is 2.71 bits per heavy atom. The third kappa shape index (κ3) is 2.08. The standard InChI is InChI=1S/C11H12ClN3OS/c1-15(8-13)17(16)11(5-2-6-11)9-3-4-10(12)14-7-9/h3-4,7H,2,5-6H2,1H3/p+1. The summed E-state index contributed by atoms with van der Waals surface area (Å²) < 4.78 is 11.2. The van der Waals surface area contributed by atoms with E-state index in [4.69, 9.17) is 16.9 Å². The Morgan fingerprint density at radius 2 is 2.29 bits per heavy atom. The Balaban J connectivity index is 2.46. The minimum absolute atomic E-state index is 0.345. The van der Waals surface area contributed by atoms with Gasteiger partial charge < -0.3 is 4.55 Å². The second-order valence-corrected chi connectivity index (χ2v) is 6.32. The molecule has 1 N–H and O–H groups in total. The van der Waals surface area contributed by atoms with Gasteiger partial charge in [0.2, 0.25) is 0 Å². The van der Waals surface area contributed by atoms with Crippen LogP contribution in [0, 0.1) is 11.5 Å². The van der Waals surface area contributed by atoms with Crippen LogP contribution in [0.1, 0.15) is 24.8 Å². The molecule has 0 radical (unpaired) electrons. The molecule has 1 saturated carbocycles. The molecule has 0 saturated heterocycles. The number of halogens is 1. The Labute approximate surface area is 108 Å². The average Bonchev–Trinajstić information content (AvgIpc) is 2.29. The molecule has 0 amide bonds. The van der Waals surface area contributed by atoms with E-state index in [0.717, 1.165) is 24.8 Å². The van der Waals surface area contributed by atoms with Gasteiger partial charge in [0.05, 0.1) is 11.8 Å². The second-order valence-electron chi connectivity index (χ2n) is 4.08. The molecule has 2 rings (SSSR count). The van der Waals surface area contributed by atoms with E-state index in [0.29, 0.717) is 5.15 Å². The minimum Gasteiger partial charge on any atom is -0.305 e. The summed E-state index contributed by atoms with van der Waals surface area (Å²) in [5.41, 5.74) is 0.959. The highest BCUT2D eigenvalue weighted by atomic mass is 35.5. The molecular weight excluding hydrogens is 258 g/mol. The summed E-state index contributed by atoms with van der Waals surface area (Å²) in [6.07, 6.45) is 6.48. The van der Waals surface area contributed by atoms with Crippen LogP contribution in [0.4, 0.5) is 0 Å². The van der Waals surface area contributed by atoms with Crippen LogP contribution in [0.2, 0.25) is 5.15 Å². The quantitative estimate of drug-likeness (QED) is 0.389. The van der Waals surface area contributed by atoms with Crippen molar-refractivity contribution in [2.75, 3.05) is 7.05 Å². The fourth-order valence-corrected chi connectivity index (χ4v) is 3.72. The van der Waals surface area contributed by atoms with Crippen LogP contribution >= 0.6 is 11.6 Å². The van der Waals surface area contributed by atoms with Gasteiger partial charge in [-0.3, -0.25) is 0 Å². The summed E-state index contributed by atoms with van der Waals surface area (Å²) in [6, 6.07) is 3.61. The fraction of sp³-hybridized carbons (Fsp3) is 0.455. The van der Waals surface area contributed by atoms with Gasteiger partial charge in [-0.15, -0.1) is 3.95 Å². The van der Waals surface area contributed by atoms with Crippen LogP contribution in [0.3, 0.4) is 0 Å². The van der Waals surface area contributed by atoms with Gasteiger partial charge in [0.25, 0.3) is 0 Å². The van der Waals surface area contributed by atoms with Gasteiger partial charge >= 0.3 is 6.19 Å². The first-order chi connectivity index (χ1) is 8.10. The van der Waals surface area contributed by atoms with E-state index in [1.807, 2.05) is 12.3 Å². The highest BCUT2D eigenvalue weighted by molar-refractivity contribution is 7.80. The van der Waals surface area contributed by atoms with E-state index < -0.39 is 11.0 Å². The molecule has 1 aliphatic rings. The molecule has 0 bridgehead atoms. The molecule has 90 valence electrons. The fourth-order valence-electron chi connectivity index (χ4n) is 2.02. The zero-order valence-corrected chi connectivity index (χ0v) is 11.0. The highest BCUT2D eigenvalue weighted by Crippen LogP contribution is 2.46. The van der Waals surface area contributed by atoms with Crippen LogP contribution in [0.25, 0.3) is 0 Å². The van der Waals surface area contributed by atoms with Crippen LogP contribution < -0.4 is 0 Å². The third-order valence-electron chi connectivity index (χ3n) is 3.16. The summed E-state index contributed by atoms with van der Waals surface area (Å²) in [5.74, 6) is 0. The van der Waals surface area contributed by atoms with Crippen molar-refractivity contribution >= 4 is 22.6 Å². The van der Waals surface area contributed by atoms with E-state index in [1.54, 1.807) is 19.3 Å². The molecule has 1 aromatic rings. The van der Waals surface area contributed by atoms with Gasteiger partial charge in [-0.2, -0.15) is 0 Å². The summed E-state index contributed by atoms with van der Waals surface area (Å²) in [7, 11) is 0.504. The normalized spacial score (nSPS) is 20.0. The first-order valence-corrected chi connectivity index (χ1v) is 6.81. The Bertz CT molecular complexity index is 502. The number of aromatic nitrogens is 1. The van der Waals surface area contributed by atoms with E-state index in [9.17, 15) is 4.55 Å². The van der Waals surface area contributed by atoms with Gasteiger partial charge in [-0.05, 0) is 30.9 Å². The van der Waals surface area contributed by atoms with Crippen molar-refractivity contribution in [1.29, 1.82) is 5.26 Å². The second kappa shape index (κ2) is 4.73. The molecule has 6 heteroatoms. The third-order valence-corrected chi connectivity index (χ3v) is 5.33. The van der Waals surface area contributed by atoms with Crippen molar-refractivity contribution in [2.45, 2.75) is 24.0 Å². The maximum atomic E-state index is 10.3. The molecule has 4 nitrogen and oxygen atoms in total. The summed E-state index contributed by atoms with van der Waals surface area (Å²) >= 11 is 5.76. The Hall–Kier alpha value is -0.960. The molecule has 17 heavy (non-hydrogen) atoms. The molecule has 1 heterocycles. The van der Waals surface area contributed by atoms with Gasteiger partial charge in [0.15, 0.2) is 5.26 Å². The van der Waals surface area contributed by atoms with Crippen molar-refractivity contribution in [2.24, 2.45) is 0 Å².